The Bertz CT molecular complexity index is 1280. The predicted octanol–water partition coefficient (Wildman–Crippen LogP) is 6.71. The van der Waals surface area contributed by atoms with Gasteiger partial charge in [0, 0.05) is 10.7 Å². The molecule has 0 heterocycles. The molecular formula is C28H27ClN2O3. The maximum Gasteiger partial charge on any atom is 0.266 e. The van der Waals surface area contributed by atoms with Crippen LogP contribution >= 0.6 is 11.6 Å². The van der Waals surface area contributed by atoms with Crippen LogP contribution in [0.25, 0.3) is 6.08 Å². The summed E-state index contributed by atoms with van der Waals surface area (Å²) in [6.07, 6.45) is 1.51. The molecule has 0 radical (unpaired) electrons. The summed E-state index contributed by atoms with van der Waals surface area (Å²) in [7, 11) is 1.55. The number of benzene rings is 3. The number of halogens is 1. The monoisotopic (exact) mass is 474 g/mol. The zero-order valence-electron chi connectivity index (χ0n) is 20.0. The first-order valence-electron chi connectivity index (χ1n) is 10.8. The molecule has 3 rings (SSSR count). The molecule has 1 amide bonds. The van der Waals surface area contributed by atoms with E-state index in [0.29, 0.717) is 34.4 Å². The number of anilines is 1. The number of carbonyl (C=O) groups excluding carboxylic acids is 1. The molecule has 1 N–H and O–H groups in total. The smallest absolute Gasteiger partial charge is 0.266 e. The first-order valence-corrected chi connectivity index (χ1v) is 11.2. The molecule has 0 aliphatic heterocycles. The molecule has 0 aliphatic rings. The Morgan fingerprint density at radius 1 is 1.06 bits per heavy atom. The van der Waals surface area contributed by atoms with Gasteiger partial charge in [-0.15, -0.1) is 0 Å². The third-order valence-corrected chi connectivity index (χ3v) is 6.00. The van der Waals surface area contributed by atoms with Gasteiger partial charge in [0.25, 0.3) is 5.91 Å². The molecule has 5 nitrogen and oxygen atoms in total. The van der Waals surface area contributed by atoms with Gasteiger partial charge in [-0.1, -0.05) is 41.4 Å². The lowest BCUT2D eigenvalue weighted by Gasteiger charge is -2.15. The number of nitrogens with one attached hydrogen (secondary N) is 1. The van der Waals surface area contributed by atoms with Gasteiger partial charge in [0.05, 0.1) is 7.11 Å². The molecule has 0 spiro atoms. The highest BCUT2D eigenvalue weighted by Crippen LogP contribution is 2.31. The lowest BCUT2D eigenvalue weighted by atomic mass is 10.0. The molecule has 0 bridgehead atoms. The van der Waals surface area contributed by atoms with Crippen molar-refractivity contribution in [3.05, 3.63) is 92.5 Å². The third-order valence-electron chi connectivity index (χ3n) is 5.59. The molecule has 3 aromatic carbocycles. The van der Waals surface area contributed by atoms with Crippen LogP contribution in [0.1, 0.15) is 33.4 Å². The van der Waals surface area contributed by atoms with Crippen molar-refractivity contribution in [2.24, 2.45) is 0 Å². The quantitative estimate of drug-likeness (QED) is 0.305. The molecule has 0 aromatic heterocycles. The van der Waals surface area contributed by atoms with E-state index in [-0.39, 0.29) is 5.57 Å². The largest absolute Gasteiger partial charge is 0.493 e. The van der Waals surface area contributed by atoms with E-state index in [1.807, 2.05) is 6.07 Å². The fourth-order valence-corrected chi connectivity index (χ4v) is 3.90. The minimum atomic E-state index is -0.516. The number of carbonyl (C=O) groups is 1. The normalized spacial score (nSPS) is 11.0. The molecule has 0 saturated heterocycles. The summed E-state index contributed by atoms with van der Waals surface area (Å²) in [5, 5.41) is 12.8. The molecule has 174 valence electrons. The molecule has 0 atom stereocenters. The Hall–Kier alpha value is -3.75. The summed E-state index contributed by atoms with van der Waals surface area (Å²) in [6, 6.07) is 16.7. The Kier molecular flexibility index (Phi) is 7.99. The molecule has 3 aromatic rings. The number of aryl methyl sites for hydroxylation is 3. The highest BCUT2D eigenvalue weighted by atomic mass is 35.5. The number of hydrogen-bond donors (Lipinski definition) is 1. The fourth-order valence-electron chi connectivity index (χ4n) is 3.73. The SMILES string of the molecule is COc1cc(/C=C(\C#N)C(=O)Nc2cccc(Cl)c2C)ccc1OCc1c(C)cc(C)cc1C. The average Bonchev–Trinajstić information content (AvgIpc) is 2.80. The van der Waals surface area contributed by atoms with E-state index in [9.17, 15) is 10.1 Å². The van der Waals surface area contributed by atoms with Gasteiger partial charge in [0.15, 0.2) is 11.5 Å². The summed E-state index contributed by atoms with van der Waals surface area (Å²) in [6.45, 7) is 8.43. The Labute approximate surface area is 205 Å². The van der Waals surface area contributed by atoms with Crippen molar-refractivity contribution in [2.75, 3.05) is 12.4 Å². The third kappa shape index (κ3) is 5.78. The first-order chi connectivity index (χ1) is 16.2. The Morgan fingerprint density at radius 2 is 1.76 bits per heavy atom. The number of methoxy groups -OCH3 is 1. The second kappa shape index (κ2) is 10.9. The molecule has 34 heavy (non-hydrogen) atoms. The summed E-state index contributed by atoms with van der Waals surface area (Å²) in [4.78, 5) is 12.7. The highest BCUT2D eigenvalue weighted by molar-refractivity contribution is 6.31. The van der Waals surface area contributed by atoms with E-state index >= 15 is 0 Å². The summed E-state index contributed by atoms with van der Waals surface area (Å²) < 4.78 is 11.6. The first kappa shape index (κ1) is 24.9. The van der Waals surface area contributed by atoms with Crippen molar-refractivity contribution in [3.8, 4) is 17.6 Å². The van der Waals surface area contributed by atoms with E-state index < -0.39 is 5.91 Å². The number of hydrogen-bond acceptors (Lipinski definition) is 4. The second-order valence-corrected chi connectivity index (χ2v) is 8.52. The summed E-state index contributed by atoms with van der Waals surface area (Å²) >= 11 is 6.12. The van der Waals surface area contributed by atoms with Crippen LogP contribution in [-0.2, 0) is 11.4 Å². The standard InChI is InChI=1S/C28H27ClN2O3/c1-17-11-18(2)23(19(3)12-17)16-34-26-10-9-21(14-27(26)33-5)13-22(15-30)28(32)31-25-8-6-7-24(29)20(25)4/h6-14H,16H2,1-5H3,(H,31,32)/b22-13+. The van der Waals surface area contributed by atoms with Crippen LogP contribution in [0, 0.1) is 39.0 Å². The van der Waals surface area contributed by atoms with Gasteiger partial charge in [-0.2, -0.15) is 5.26 Å². The molecule has 0 aliphatic carbocycles. The number of rotatable bonds is 7. The van der Waals surface area contributed by atoms with Crippen molar-refractivity contribution in [1.82, 2.24) is 0 Å². The molecule has 6 heteroatoms. The number of ether oxygens (including phenoxy) is 2. The fraction of sp³-hybridized carbons (Fsp3) is 0.214. The van der Waals surface area contributed by atoms with Gasteiger partial charge < -0.3 is 14.8 Å². The number of nitrogens with zero attached hydrogens (tertiary/aromatic N) is 1. The number of nitriles is 1. The predicted molar refractivity (Wildman–Crippen MR) is 136 cm³/mol. The van der Waals surface area contributed by atoms with Crippen molar-refractivity contribution in [2.45, 2.75) is 34.3 Å². The summed E-state index contributed by atoms with van der Waals surface area (Å²) in [5.41, 5.74) is 6.60. The van der Waals surface area contributed by atoms with Gasteiger partial charge in [-0.25, -0.2) is 0 Å². The average molecular weight is 475 g/mol. The van der Waals surface area contributed by atoms with Crippen LogP contribution < -0.4 is 14.8 Å². The maximum absolute atomic E-state index is 12.7. The molecular weight excluding hydrogens is 448 g/mol. The zero-order valence-corrected chi connectivity index (χ0v) is 20.7. The minimum Gasteiger partial charge on any atom is -0.493 e. The molecule has 0 saturated carbocycles. The van der Waals surface area contributed by atoms with E-state index in [0.717, 1.165) is 11.1 Å². The lowest BCUT2D eigenvalue weighted by Crippen LogP contribution is -2.14. The zero-order chi connectivity index (χ0) is 24.8. The van der Waals surface area contributed by atoms with Gasteiger partial charge in [0.1, 0.15) is 18.2 Å². The minimum absolute atomic E-state index is 0.0407. The van der Waals surface area contributed by atoms with Crippen molar-refractivity contribution >= 4 is 29.3 Å². The molecule has 0 fully saturated rings. The van der Waals surface area contributed by atoms with Crippen LogP contribution in [0.4, 0.5) is 5.69 Å². The van der Waals surface area contributed by atoms with E-state index in [1.165, 1.54) is 22.8 Å². The number of amides is 1. The highest BCUT2D eigenvalue weighted by Gasteiger charge is 2.14. The van der Waals surface area contributed by atoms with Crippen molar-refractivity contribution in [1.29, 1.82) is 5.26 Å². The molecule has 0 unspecified atom stereocenters. The van der Waals surface area contributed by atoms with Crippen molar-refractivity contribution < 1.29 is 14.3 Å². The Balaban J connectivity index is 1.80. The van der Waals surface area contributed by atoms with Gasteiger partial charge in [-0.05, 0) is 85.9 Å². The van der Waals surface area contributed by atoms with Crippen molar-refractivity contribution in [3.63, 3.8) is 0 Å². The second-order valence-electron chi connectivity index (χ2n) is 8.11. The van der Waals surface area contributed by atoms with Gasteiger partial charge in [-0.3, -0.25) is 4.79 Å². The van der Waals surface area contributed by atoms with Crippen LogP contribution in [0.2, 0.25) is 5.02 Å². The van der Waals surface area contributed by atoms with E-state index in [1.54, 1.807) is 50.4 Å². The maximum atomic E-state index is 12.7. The Morgan fingerprint density at radius 3 is 2.41 bits per heavy atom. The van der Waals surface area contributed by atoms with Crippen LogP contribution in [-0.4, -0.2) is 13.0 Å². The van der Waals surface area contributed by atoms with Crippen LogP contribution in [0.5, 0.6) is 11.5 Å². The van der Waals surface area contributed by atoms with Gasteiger partial charge >= 0.3 is 0 Å². The summed E-state index contributed by atoms with van der Waals surface area (Å²) in [5.74, 6) is 0.577. The van der Waals surface area contributed by atoms with Crippen LogP contribution in [0.15, 0.2) is 54.1 Å². The van der Waals surface area contributed by atoms with Crippen LogP contribution in [0.3, 0.4) is 0 Å². The van der Waals surface area contributed by atoms with Gasteiger partial charge in [0.2, 0.25) is 0 Å². The van der Waals surface area contributed by atoms with E-state index in [4.69, 9.17) is 21.1 Å². The van der Waals surface area contributed by atoms with E-state index in [2.05, 4.69) is 38.2 Å². The lowest BCUT2D eigenvalue weighted by molar-refractivity contribution is -0.112. The topological polar surface area (TPSA) is 71.3 Å².